The molecule has 0 rings (SSSR count). The molecule has 0 aromatic carbocycles. The number of hydrogen-bond acceptors (Lipinski definition) is 2. The second-order valence-corrected chi connectivity index (χ2v) is 4.81. The number of hydrogen-bond donors (Lipinski definition) is 1. The first kappa shape index (κ1) is 11.0. The molecule has 0 aliphatic carbocycles. The summed E-state index contributed by atoms with van der Waals surface area (Å²) in [5.41, 5.74) is 0.950. The lowest BCUT2D eigenvalue weighted by Gasteiger charge is -1.98. The van der Waals surface area contributed by atoms with Crippen molar-refractivity contribution in [2.75, 3.05) is 5.88 Å². The predicted molar refractivity (Wildman–Crippen MR) is 53.0 cm³/mol. The molecule has 0 fully saturated rings. The van der Waals surface area contributed by atoms with Gasteiger partial charge < -0.3 is 5.21 Å². The molecule has 0 aromatic rings. The standard InChI is InChI=1S/C7H16ClNOSi/c1-2-7(9-10)6-11-5-3-4-8/h10H,2-6,11H2,1H3. The number of alkyl halides is 1. The van der Waals surface area contributed by atoms with Crippen molar-refractivity contribution in [3.8, 4) is 0 Å². The van der Waals surface area contributed by atoms with Crippen molar-refractivity contribution in [3.63, 3.8) is 0 Å². The van der Waals surface area contributed by atoms with Crippen molar-refractivity contribution in [1.29, 1.82) is 0 Å². The van der Waals surface area contributed by atoms with Gasteiger partial charge in [0.05, 0.1) is 5.71 Å². The third kappa shape index (κ3) is 6.38. The molecule has 11 heavy (non-hydrogen) atoms. The van der Waals surface area contributed by atoms with E-state index in [-0.39, 0.29) is 9.52 Å². The minimum absolute atomic E-state index is 0.0443. The third-order valence-corrected chi connectivity index (χ3v) is 3.85. The van der Waals surface area contributed by atoms with Gasteiger partial charge in [-0.2, -0.15) is 0 Å². The molecule has 0 bridgehead atoms. The summed E-state index contributed by atoms with van der Waals surface area (Å²) in [7, 11) is -0.0443. The first-order valence-electron chi connectivity index (χ1n) is 4.11. The topological polar surface area (TPSA) is 32.6 Å². The molecule has 0 saturated heterocycles. The van der Waals surface area contributed by atoms with E-state index in [9.17, 15) is 0 Å². The monoisotopic (exact) mass is 193 g/mol. The Bertz CT molecular complexity index is 119. The van der Waals surface area contributed by atoms with Crippen molar-refractivity contribution < 1.29 is 5.21 Å². The van der Waals surface area contributed by atoms with Crippen molar-refractivity contribution in [3.05, 3.63) is 0 Å². The first-order chi connectivity index (χ1) is 5.35. The molecule has 0 unspecified atom stereocenters. The normalized spacial score (nSPS) is 13.1. The highest BCUT2D eigenvalue weighted by Gasteiger charge is 1.96. The fourth-order valence-corrected chi connectivity index (χ4v) is 3.12. The summed E-state index contributed by atoms with van der Waals surface area (Å²) in [5, 5.41) is 11.7. The summed E-state index contributed by atoms with van der Waals surface area (Å²) in [5.74, 6) is 0.769. The molecule has 0 atom stereocenters. The van der Waals surface area contributed by atoms with Crippen molar-refractivity contribution >= 4 is 26.8 Å². The Morgan fingerprint density at radius 2 is 2.36 bits per heavy atom. The van der Waals surface area contributed by atoms with Crippen LogP contribution < -0.4 is 0 Å². The summed E-state index contributed by atoms with van der Waals surface area (Å²) < 4.78 is 0. The van der Waals surface area contributed by atoms with Gasteiger partial charge in [-0.3, -0.25) is 0 Å². The minimum Gasteiger partial charge on any atom is -0.411 e. The van der Waals surface area contributed by atoms with Crippen LogP contribution in [-0.2, 0) is 0 Å². The van der Waals surface area contributed by atoms with Gasteiger partial charge in [-0.05, 0) is 18.9 Å². The summed E-state index contributed by atoms with van der Waals surface area (Å²) in [4.78, 5) is 0. The molecular formula is C7H16ClNOSi. The van der Waals surface area contributed by atoms with Crippen LogP contribution >= 0.6 is 11.6 Å². The van der Waals surface area contributed by atoms with Gasteiger partial charge >= 0.3 is 0 Å². The van der Waals surface area contributed by atoms with E-state index in [1.165, 1.54) is 6.04 Å². The molecule has 0 heterocycles. The van der Waals surface area contributed by atoms with Gasteiger partial charge in [0.2, 0.25) is 0 Å². The second kappa shape index (κ2) is 8.08. The second-order valence-electron chi connectivity index (χ2n) is 2.52. The van der Waals surface area contributed by atoms with Crippen LogP contribution in [0.3, 0.4) is 0 Å². The van der Waals surface area contributed by atoms with Crippen LogP contribution in [0.1, 0.15) is 19.8 Å². The molecule has 0 radical (unpaired) electrons. The zero-order valence-electron chi connectivity index (χ0n) is 7.02. The predicted octanol–water partition coefficient (Wildman–Crippen LogP) is 1.86. The number of halogens is 1. The molecule has 66 valence electrons. The maximum absolute atomic E-state index is 8.47. The molecular weight excluding hydrogens is 178 g/mol. The quantitative estimate of drug-likeness (QED) is 0.171. The van der Waals surface area contributed by atoms with Gasteiger partial charge in [0, 0.05) is 15.4 Å². The summed E-state index contributed by atoms with van der Waals surface area (Å²) in [6.07, 6.45) is 2.00. The first-order valence-corrected chi connectivity index (χ1v) is 6.64. The SMILES string of the molecule is CCC(C[SiH2]CCCCl)=NO. The van der Waals surface area contributed by atoms with E-state index >= 15 is 0 Å². The Labute approximate surface area is 75.5 Å². The molecule has 0 saturated carbocycles. The van der Waals surface area contributed by atoms with Crippen molar-refractivity contribution in [1.82, 2.24) is 0 Å². The maximum Gasteiger partial charge on any atom is 0.0536 e. The van der Waals surface area contributed by atoms with Gasteiger partial charge in [0.25, 0.3) is 0 Å². The van der Waals surface area contributed by atoms with E-state index in [0.717, 1.165) is 30.5 Å². The molecule has 0 amide bonds. The van der Waals surface area contributed by atoms with Crippen LogP contribution in [0.25, 0.3) is 0 Å². The van der Waals surface area contributed by atoms with Gasteiger partial charge in [-0.15, -0.1) is 11.6 Å². The zero-order valence-corrected chi connectivity index (χ0v) is 9.19. The van der Waals surface area contributed by atoms with E-state index < -0.39 is 0 Å². The Hall–Kier alpha value is -0.0231. The van der Waals surface area contributed by atoms with E-state index in [0.29, 0.717) is 0 Å². The smallest absolute Gasteiger partial charge is 0.0536 e. The molecule has 1 N–H and O–H groups in total. The van der Waals surface area contributed by atoms with Crippen LogP contribution in [0.15, 0.2) is 5.16 Å². The highest BCUT2D eigenvalue weighted by molar-refractivity contribution is 6.42. The Balaban J connectivity index is 3.22. The Morgan fingerprint density at radius 3 is 2.82 bits per heavy atom. The van der Waals surface area contributed by atoms with Crippen molar-refractivity contribution in [2.45, 2.75) is 31.9 Å². The minimum atomic E-state index is -0.0443. The summed E-state index contributed by atoms with van der Waals surface area (Å²) in [6, 6.07) is 2.31. The molecule has 0 spiro atoms. The van der Waals surface area contributed by atoms with Crippen LogP contribution in [-0.4, -0.2) is 26.3 Å². The average Bonchev–Trinajstić information content (AvgIpc) is 2.05. The number of rotatable bonds is 6. The maximum atomic E-state index is 8.47. The van der Waals surface area contributed by atoms with Crippen molar-refractivity contribution in [2.24, 2.45) is 5.16 Å². The highest BCUT2D eigenvalue weighted by atomic mass is 35.5. The lowest BCUT2D eigenvalue weighted by atomic mass is 10.3. The molecule has 0 aromatic heterocycles. The number of oxime groups is 1. The molecule has 0 aliphatic heterocycles. The fraction of sp³-hybridized carbons (Fsp3) is 0.857. The fourth-order valence-electron chi connectivity index (χ4n) is 0.898. The largest absolute Gasteiger partial charge is 0.411 e. The Morgan fingerprint density at radius 1 is 1.64 bits per heavy atom. The van der Waals surface area contributed by atoms with Crippen LogP contribution in [0.2, 0.25) is 12.1 Å². The van der Waals surface area contributed by atoms with E-state index in [4.69, 9.17) is 16.8 Å². The molecule has 2 nitrogen and oxygen atoms in total. The van der Waals surface area contributed by atoms with E-state index in [2.05, 4.69) is 5.16 Å². The third-order valence-electron chi connectivity index (χ3n) is 1.65. The van der Waals surface area contributed by atoms with Crippen LogP contribution in [0.5, 0.6) is 0 Å². The summed E-state index contributed by atoms with van der Waals surface area (Å²) in [6.45, 7) is 2.02. The molecule has 4 heteroatoms. The number of nitrogens with zero attached hydrogens (tertiary/aromatic N) is 1. The Kier molecular flexibility index (Phi) is 8.06. The summed E-state index contributed by atoms with van der Waals surface area (Å²) >= 11 is 5.53. The van der Waals surface area contributed by atoms with E-state index in [1.807, 2.05) is 6.92 Å². The average molecular weight is 194 g/mol. The van der Waals surface area contributed by atoms with Crippen LogP contribution in [0.4, 0.5) is 0 Å². The molecule has 0 aliphatic rings. The lowest BCUT2D eigenvalue weighted by molar-refractivity contribution is 0.317. The zero-order chi connectivity index (χ0) is 8.53. The van der Waals surface area contributed by atoms with Gasteiger partial charge in [0.1, 0.15) is 0 Å². The van der Waals surface area contributed by atoms with Gasteiger partial charge in [0.15, 0.2) is 0 Å². The highest BCUT2D eigenvalue weighted by Crippen LogP contribution is 1.98. The van der Waals surface area contributed by atoms with E-state index in [1.54, 1.807) is 0 Å². The van der Waals surface area contributed by atoms with Crippen LogP contribution in [0, 0.1) is 0 Å². The van der Waals surface area contributed by atoms with Gasteiger partial charge in [-0.25, -0.2) is 0 Å². The lowest BCUT2D eigenvalue weighted by Crippen LogP contribution is -2.01. The van der Waals surface area contributed by atoms with Gasteiger partial charge in [-0.1, -0.05) is 18.1 Å².